The molecular formula is C11H14BrClFN. The highest BCUT2D eigenvalue weighted by atomic mass is 79.9. The van der Waals surface area contributed by atoms with Crippen molar-refractivity contribution in [2.45, 2.75) is 25.3 Å². The Hall–Kier alpha value is -0.120. The molecule has 0 bridgehead atoms. The first kappa shape index (κ1) is 12.9. The summed E-state index contributed by atoms with van der Waals surface area (Å²) in [6.07, 6.45) is 3.53. The highest BCUT2D eigenvalue weighted by molar-refractivity contribution is 9.10. The Balaban J connectivity index is 0.00000112. The minimum Gasteiger partial charge on any atom is -0.324 e. The normalized spacial score (nSPS) is 17.0. The number of halogens is 3. The number of hydrogen-bond acceptors (Lipinski definition) is 1. The summed E-state index contributed by atoms with van der Waals surface area (Å²) in [5.74, 6) is 0.551. The molecule has 0 unspecified atom stereocenters. The lowest BCUT2D eigenvalue weighted by molar-refractivity contribution is 0.581. The third kappa shape index (κ3) is 3.44. The van der Waals surface area contributed by atoms with Crippen LogP contribution in [0, 0.1) is 11.7 Å². The fourth-order valence-electron chi connectivity index (χ4n) is 1.64. The van der Waals surface area contributed by atoms with Gasteiger partial charge in [-0.15, -0.1) is 12.4 Å². The maximum absolute atomic E-state index is 13.0. The summed E-state index contributed by atoms with van der Waals surface area (Å²) < 4.78 is 13.9. The molecule has 0 heterocycles. The van der Waals surface area contributed by atoms with E-state index in [1.807, 2.05) is 0 Å². The second-order valence-electron chi connectivity index (χ2n) is 3.95. The molecule has 0 aromatic heterocycles. The minimum atomic E-state index is -0.213. The first-order valence-electron chi connectivity index (χ1n) is 4.87. The van der Waals surface area contributed by atoms with Crippen LogP contribution in [-0.2, 0) is 0 Å². The van der Waals surface area contributed by atoms with Gasteiger partial charge in [-0.3, -0.25) is 0 Å². The van der Waals surface area contributed by atoms with E-state index in [0.717, 1.165) is 22.4 Å². The summed E-state index contributed by atoms with van der Waals surface area (Å²) in [6.45, 7) is 0. The van der Waals surface area contributed by atoms with Gasteiger partial charge in [-0.1, -0.05) is 28.8 Å². The standard InChI is InChI=1S/C11H13BrFN.ClH/c12-10-4-3-8(13)6-9(10)11(14)5-7-1-2-7;/h3-4,6-7,11H,1-2,5,14H2;1H/t11-;/m0./s1. The summed E-state index contributed by atoms with van der Waals surface area (Å²) >= 11 is 3.39. The molecule has 1 atom stereocenters. The smallest absolute Gasteiger partial charge is 0.123 e. The molecule has 1 aliphatic carbocycles. The van der Waals surface area contributed by atoms with Crippen LogP contribution >= 0.6 is 28.3 Å². The van der Waals surface area contributed by atoms with Crippen molar-refractivity contribution >= 4 is 28.3 Å². The molecular weight excluding hydrogens is 280 g/mol. The van der Waals surface area contributed by atoms with Gasteiger partial charge in [-0.25, -0.2) is 4.39 Å². The van der Waals surface area contributed by atoms with Crippen LogP contribution in [-0.4, -0.2) is 0 Å². The van der Waals surface area contributed by atoms with E-state index < -0.39 is 0 Å². The van der Waals surface area contributed by atoms with Gasteiger partial charge in [0.1, 0.15) is 5.82 Å². The molecule has 1 aromatic carbocycles. The van der Waals surface area contributed by atoms with Crippen LogP contribution in [0.2, 0.25) is 0 Å². The molecule has 84 valence electrons. The molecule has 1 nitrogen and oxygen atoms in total. The molecule has 2 N–H and O–H groups in total. The van der Waals surface area contributed by atoms with Crippen molar-refractivity contribution in [3.8, 4) is 0 Å². The highest BCUT2D eigenvalue weighted by Gasteiger charge is 2.25. The van der Waals surface area contributed by atoms with E-state index in [4.69, 9.17) is 5.73 Å². The van der Waals surface area contributed by atoms with Gasteiger partial charge in [-0.05, 0) is 36.1 Å². The molecule has 15 heavy (non-hydrogen) atoms. The second kappa shape index (κ2) is 5.28. The molecule has 1 aromatic rings. The van der Waals surface area contributed by atoms with Gasteiger partial charge in [0.15, 0.2) is 0 Å². The van der Waals surface area contributed by atoms with E-state index in [9.17, 15) is 4.39 Å². The molecule has 2 rings (SSSR count). The maximum Gasteiger partial charge on any atom is 0.123 e. The lowest BCUT2D eigenvalue weighted by Gasteiger charge is -2.13. The van der Waals surface area contributed by atoms with Crippen molar-refractivity contribution in [1.29, 1.82) is 0 Å². The van der Waals surface area contributed by atoms with Crippen molar-refractivity contribution in [3.05, 3.63) is 34.1 Å². The molecule has 0 spiro atoms. The summed E-state index contributed by atoms with van der Waals surface area (Å²) in [4.78, 5) is 0. The van der Waals surface area contributed by atoms with Crippen LogP contribution in [0.4, 0.5) is 4.39 Å². The first-order valence-corrected chi connectivity index (χ1v) is 5.66. The molecule has 0 radical (unpaired) electrons. The molecule has 4 heteroatoms. The summed E-state index contributed by atoms with van der Waals surface area (Å²) in [7, 11) is 0. The van der Waals surface area contributed by atoms with Crippen molar-refractivity contribution in [2.24, 2.45) is 11.7 Å². The van der Waals surface area contributed by atoms with Crippen LogP contribution in [0.25, 0.3) is 0 Å². The molecule has 0 amide bonds. The van der Waals surface area contributed by atoms with Gasteiger partial charge in [0.2, 0.25) is 0 Å². The van der Waals surface area contributed by atoms with Gasteiger partial charge in [-0.2, -0.15) is 0 Å². The Morgan fingerprint density at radius 3 is 2.73 bits per heavy atom. The van der Waals surface area contributed by atoms with Crippen LogP contribution in [0.5, 0.6) is 0 Å². The Kier molecular flexibility index (Phi) is 4.56. The number of benzene rings is 1. The average molecular weight is 295 g/mol. The summed E-state index contributed by atoms with van der Waals surface area (Å²) in [6, 6.07) is 4.65. The van der Waals surface area contributed by atoms with Crippen LogP contribution < -0.4 is 5.73 Å². The van der Waals surface area contributed by atoms with E-state index in [1.54, 1.807) is 6.07 Å². The van der Waals surface area contributed by atoms with Crippen molar-refractivity contribution in [3.63, 3.8) is 0 Å². The van der Waals surface area contributed by atoms with Crippen LogP contribution in [0.15, 0.2) is 22.7 Å². The minimum absolute atomic E-state index is 0. The Morgan fingerprint density at radius 1 is 1.47 bits per heavy atom. The van der Waals surface area contributed by atoms with Crippen LogP contribution in [0.1, 0.15) is 30.9 Å². The van der Waals surface area contributed by atoms with Crippen molar-refractivity contribution in [1.82, 2.24) is 0 Å². The van der Waals surface area contributed by atoms with Crippen molar-refractivity contribution < 1.29 is 4.39 Å². The average Bonchev–Trinajstić information content (AvgIpc) is 2.93. The van der Waals surface area contributed by atoms with Gasteiger partial charge < -0.3 is 5.73 Å². The predicted molar refractivity (Wildman–Crippen MR) is 65.6 cm³/mol. The largest absolute Gasteiger partial charge is 0.324 e. The summed E-state index contributed by atoms with van der Waals surface area (Å²) in [5, 5.41) is 0. The fraction of sp³-hybridized carbons (Fsp3) is 0.455. The second-order valence-corrected chi connectivity index (χ2v) is 4.81. The topological polar surface area (TPSA) is 26.0 Å². The lowest BCUT2D eigenvalue weighted by atomic mass is 10.0. The zero-order valence-corrected chi connectivity index (χ0v) is 10.7. The van der Waals surface area contributed by atoms with Crippen molar-refractivity contribution in [2.75, 3.05) is 0 Å². The Bertz CT molecular complexity index is 341. The molecule has 1 saturated carbocycles. The van der Waals surface area contributed by atoms with Gasteiger partial charge in [0.05, 0.1) is 0 Å². The third-order valence-corrected chi connectivity index (χ3v) is 3.36. The van der Waals surface area contributed by atoms with E-state index in [0.29, 0.717) is 0 Å². The molecule has 0 aliphatic heterocycles. The Morgan fingerprint density at radius 2 is 2.13 bits per heavy atom. The van der Waals surface area contributed by atoms with E-state index in [2.05, 4.69) is 15.9 Å². The number of hydrogen-bond donors (Lipinski definition) is 1. The van der Waals surface area contributed by atoms with E-state index in [-0.39, 0.29) is 24.3 Å². The molecule has 1 aliphatic rings. The van der Waals surface area contributed by atoms with Gasteiger partial charge in [0, 0.05) is 10.5 Å². The molecule has 1 fully saturated rings. The zero-order valence-electron chi connectivity index (χ0n) is 8.25. The quantitative estimate of drug-likeness (QED) is 0.901. The highest BCUT2D eigenvalue weighted by Crippen LogP contribution is 2.38. The van der Waals surface area contributed by atoms with E-state index >= 15 is 0 Å². The van der Waals surface area contributed by atoms with E-state index in [1.165, 1.54) is 25.0 Å². The SMILES string of the molecule is Cl.N[C@@H](CC1CC1)c1cc(F)ccc1Br. The summed E-state index contributed by atoms with van der Waals surface area (Å²) in [5.41, 5.74) is 6.90. The maximum atomic E-state index is 13.0. The van der Waals surface area contributed by atoms with Crippen LogP contribution in [0.3, 0.4) is 0 Å². The van der Waals surface area contributed by atoms with Gasteiger partial charge >= 0.3 is 0 Å². The van der Waals surface area contributed by atoms with Gasteiger partial charge in [0.25, 0.3) is 0 Å². The number of nitrogens with two attached hydrogens (primary N) is 1. The predicted octanol–water partition coefficient (Wildman–Crippen LogP) is 3.81. The fourth-order valence-corrected chi connectivity index (χ4v) is 2.18. The Labute approximate surface area is 104 Å². The number of rotatable bonds is 3. The lowest BCUT2D eigenvalue weighted by Crippen LogP contribution is -2.11. The molecule has 0 saturated heterocycles. The zero-order chi connectivity index (χ0) is 10.1. The third-order valence-electron chi connectivity index (χ3n) is 2.64. The monoisotopic (exact) mass is 293 g/mol. The first-order chi connectivity index (χ1) is 6.66.